The first-order valence-corrected chi connectivity index (χ1v) is 10.4. The van der Waals surface area contributed by atoms with E-state index >= 15 is 0 Å². The van der Waals surface area contributed by atoms with Crippen LogP contribution in [0, 0.1) is 0 Å². The van der Waals surface area contributed by atoms with Gasteiger partial charge in [-0.2, -0.15) is 0 Å². The van der Waals surface area contributed by atoms with Crippen LogP contribution < -0.4 is 20.1 Å². The maximum atomic E-state index is 12.6. The van der Waals surface area contributed by atoms with E-state index in [0.717, 1.165) is 0 Å². The summed E-state index contributed by atoms with van der Waals surface area (Å²) in [4.78, 5) is 37.4. The highest BCUT2D eigenvalue weighted by Gasteiger charge is 2.24. The Hall–Kier alpha value is -2.97. The summed E-state index contributed by atoms with van der Waals surface area (Å²) >= 11 is 12.1. The van der Waals surface area contributed by atoms with Crippen LogP contribution in [-0.2, 0) is 9.53 Å². The number of carbonyl (C=O) groups excluding carboxylic acids is 3. The van der Waals surface area contributed by atoms with Crippen LogP contribution in [0.15, 0.2) is 36.4 Å². The molecular weight excluding hydrogens is 459 g/mol. The Morgan fingerprint density at radius 1 is 0.875 bits per heavy atom. The molecule has 0 radical (unpaired) electrons. The summed E-state index contributed by atoms with van der Waals surface area (Å²) in [5.41, 5.74) is 0.338. The molecule has 0 aliphatic carbocycles. The Balaban J connectivity index is 2.00. The minimum Gasteiger partial charge on any atom is -0.496 e. The fourth-order valence-corrected chi connectivity index (χ4v) is 3.58. The van der Waals surface area contributed by atoms with Gasteiger partial charge in [-0.15, -0.1) is 0 Å². The SMILES string of the molecule is COC(=O)C(CCCNC(=O)c1c(OC)cccc1OC)NC(=O)c1c(Cl)cccc1Cl. The van der Waals surface area contributed by atoms with Crippen molar-refractivity contribution in [2.75, 3.05) is 27.9 Å². The van der Waals surface area contributed by atoms with E-state index in [1.165, 1.54) is 33.5 Å². The minimum absolute atomic E-state index is 0.0707. The molecule has 2 amide bonds. The van der Waals surface area contributed by atoms with Gasteiger partial charge in [0.2, 0.25) is 0 Å². The van der Waals surface area contributed by atoms with Gasteiger partial charge in [-0.1, -0.05) is 35.3 Å². The molecule has 8 nitrogen and oxygen atoms in total. The summed E-state index contributed by atoms with van der Waals surface area (Å²) in [6.45, 7) is 0.232. The number of rotatable bonds is 10. The van der Waals surface area contributed by atoms with Crippen LogP contribution in [-0.4, -0.2) is 51.7 Å². The summed E-state index contributed by atoms with van der Waals surface area (Å²) in [7, 11) is 4.14. The third kappa shape index (κ3) is 6.27. The molecule has 0 bridgehead atoms. The predicted molar refractivity (Wildman–Crippen MR) is 121 cm³/mol. The molecule has 2 rings (SSSR count). The Labute approximate surface area is 196 Å². The molecule has 2 N–H and O–H groups in total. The van der Waals surface area contributed by atoms with E-state index in [4.69, 9.17) is 37.4 Å². The van der Waals surface area contributed by atoms with Crippen molar-refractivity contribution < 1.29 is 28.6 Å². The molecule has 2 aromatic rings. The summed E-state index contributed by atoms with van der Waals surface area (Å²) in [5.74, 6) is -0.866. The molecule has 0 heterocycles. The van der Waals surface area contributed by atoms with Crippen molar-refractivity contribution in [1.82, 2.24) is 10.6 Å². The van der Waals surface area contributed by atoms with E-state index < -0.39 is 17.9 Å². The van der Waals surface area contributed by atoms with Crippen LogP contribution in [0.2, 0.25) is 10.0 Å². The maximum Gasteiger partial charge on any atom is 0.328 e. The van der Waals surface area contributed by atoms with Crippen molar-refractivity contribution in [2.45, 2.75) is 18.9 Å². The van der Waals surface area contributed by atoms with Crippen LogP contribution in [0.1, 0.15) is 33.6 Å². The average Bonchev–Trinajstić information content (AvgIpc) is 2.79. The van der Waals surface area contributed by atoms with E-state index in [0.29, 0.717) is 17.9 Å². The lowest BCUT2D eigenvalue weighted by molar-refractivity contribution is -0.143. The summed E-state index contributed by atoms with van der Waals surface area (Å²) in [6, 6.07) is 8.73. The van der Waals surface area contributed by atoms with Crippen molar-refractivity contribution >= 4 is 41.0 Å². The summed E-state index contributed by atoms with van der Waals surface area (Å²) < 4.78 is 15.2. The quantitative estimate of drug-likeness (QED) is 0.396. The molecule has 2 aromatic carbocycles. The molecule has 0 aliphatic rings. The lowest BCUT2D eigenvalue weighted by Gasteiger charge is -2.18. The molecule has 10 heteroatoms. The monoisotopic (exact) mass is 482 g/mol. The van der Waals surface area contributed by atoms with Crippen LogP contribution in [0.5, 0.6) is 11.5 Å². The highest BCUT2D eigenvalue weighted by atomic mass is 35.5. The molecule has 0 saturated carbocycles. The normalized spacial score (nSPS) is 11.3. The van der Waals surface area contributed by atoms with E-state index in [9.17, 15) is 14.4 Å². The molecular formula is C22H24Cl2N2O6. The molecule has 0 saturated heterocycles. The van der Waals surface area contributed by atoms with Gasteiger partial charge in [0.25, 0.3) is 11.8 Å². The first-order chi connectivity index (χ1) is 15.3. The van der Waals surface area contributed by atoms with E-state index in [-0.39, 0.29) is 40.0 Å². The van der Waals surface area contributed by atoms with Gasteiger partial charge >= 0.3 is 5.97 Å². The molecule has 1 unspecified atom stereocenters. The highest BCUT2D eigenvalue weighted by molar-refractivity contribution is 6.39. The van der Waals surface area contributed by atoms with Gasteiger partial charge in [-0.05, 0) is 37.1 Å². The first-order valence-electron chi connectivity index (χ1n) is 9.65. The number of hydrogen-bond donors (Lipinski definition) is 2. The topological polar surface area (TPSA) is 103 Å². The fourth-order valence-electron chi connectivity index (χ4n) is 3.01. The summed E-state index contributed by atoms with van der Waals surface area (Å²) in [6.07, 6.45) is 0.587. The smallest absolute Gasteiger partial charge is 0.328 e. The van der Waals surface area contributed by atoms with Crippen molar-refractivity contribution in [1.29, 1.82) is 0 Å². The van der Waals surface area contributed by atoms with Crippen molar-refractivity contribution in [3.63, 3.8) is 0 Å². The molecule has 0 aromatic heterocycles. The number of hydrogen-bond acceptors (Lipinski definition) is 6. The Morgan fingerprint density at radius 3 is 1.97 bits per heavy atom. The van der Waals surface area contributed by atoms with E-state index in [1.54, 1.807) is 24.3 Å². The number of methoxy groups -OCH3 is 3. The van der Waals surface area contributed by atoms with Crippen LogP contribution in [0.3, 0.4) is 0 Å². The molecule has 0 aliphatic heterocycles. The number of esters is 1. The van der Waals surface area contributed by atoms with Gasteiger partial charge in [0.15, 0.2) is 0 Å². The number of nitrogens with one attached hydrogen (secondary N) is 2. The van der Waals surface area contributed by atoms with Crippen molar-refractivity contribution in [2.24, 2.45) is 0 Å². The lowest BCUT2D eigenvalue weighted by Crippen LogP contribution is -2.42. The van der Waals surface area contributed by atoms with Crippen molar-refractivity contribution in [3.05, 3.63) is 57.6 Å². The maximum absolute atomic E-state index is 12.6. The summed E-state index contributed by atoms with van der Waals surface area (Å²) in [5, 5.41) is 5.67. The highest BCUT2D eigenvalue weighted by Crippen LogP contribution is 2.28. The van der Waals surface area contributed by atoms with Gasteiger partial charge < -0.3 is 24.8 Å². The Bertz CT molecular complexity index is 940. The number of carbonyl (C=O) groups is 3. The van der Waals surface area contributed by atoms with Gasteiger partial charge in [-0.25, -0.2) is 4.79 Å². The minimum atomic E-state index is -0.947. The standard InChI is InChI=1S/C22H24Cl2N2O6/c1-30-16-10-5-11-17(31-2)19(16)20(27)25-12-6-9-15(22(29)32-3)26-21(28)18-13(23)7-4-8-14(18)24/h4-5,7-8,10-11,15H,6,9,12H2,1-3H3,(H,25,27)(H,26,28). The zero-order valence-electron chi connectivity index (χ0n) is 17.9. The Kier molecular flexibility index (Phi) is 9.61. The molecule has 0 spiro atoms. The molecule has 0 fully saturated rings. The van der Waals surface area contributed by atoms with Gasteiger partial charge in [0, 0.05) is 6.54 Å². The molecule has 32 heavy (non-hydrogen) atoms. The van der Waals surface area contributed by atoms with Crippen LogP contribution >= 0.6 is 23.2 Å². The number of ether oxygens (including phenoxy) is 3. The number of benzene rings is 2. The predicted octanol–water partition coefficient (Wildman–Crippen LogP) is 3.49. The molecule has 172 valence electrons. The largest absolute Gasteiger partial charge is 0.496 e. The Morgan fingerprint density at radius 2 is 1.44 bits per heavy atom. The average molecular weight is 483 g/mol. The van der Waals surface area contributed by atoms with Crippen molar-refractivity contribution in [3.8, 4) is 11.5 Å². The van der Waals surface area contributed by atoms with E-state index in [2.05, 4.69) is 10.6 Å². The van der Waals surface area contributed by atoms with E-state index in [1.807, 2.05) is 0 Å². The van der Waals surface area contributed by atoms with Gasteiger partial charge in [0.05, 0.1) is 36.9 Å². The number of amides is 2. The fraction of sp³-hybridized carbons (Fsp3) is 0.318. The lowest BCUT2D eigenvalue weighted by atomic mass is 10.1. The third-order valence-corrected chi connectivity index (χ3v) is 5.22. The van der Waals surface area contributed by atoms with Crippen LogP contribution in [0.4, 0.5) is 0 Å². The third-order valence-electron chi connectivity index (χ3n) is 4.59. The van der Waals surface area contributed by atoms with Gasteiger partial charge in [-0.3, -0.25) is 9.59 Å². The van der Waals surface area contributed by atoms with Crippen LogP contribution in [0.25, 0.3) is 0 Å². The second kappa shape index (κ2) is 12.2. The number of halogens is 2. The first kappa shape index (κ1) is 25.3. The van der Waals surface area contributed by atoms with Gasteiger partial charge in [0.1, 0.15) is 23.1 Å². The zero-order valence-corrected chi connectivity index (χ0v) is 19.4. The zero-order chi connectivity index (χ0) is 23.7. The second-order valence-electron chi connectivity index (χ2n) is 6.58. The second-order valence-corrected chi connectivity index (χ2v) is 7.40. The molecule has 1 atom stereocenters.